The Kier molecular flexibility index (Phi) is 3.86. The number of nitrogens with zero attached hydrogens (tertiary/aromatic N) is 3. The fourth-order valence-corrected chi connectivity index (χ4v) is 3.01. The quantitative estimate of drug-likeness (QED) is 0.771. The van der Waals surface area contributed by atoms with Crippen molar-refractivity contribution in [2.75, 3.05) is 11.4 Å². The second-order valence-corrected chi connectivity index (χ2v) is 6.30. The van der Waals surface area contributed by atoms with Crippen LogP contribution >= 0.6 is 15.9 Å². The third kappa shape index (κ3) is 2.75. The molecule has 4 N–H and O–H groups in total. The second kappa shape index (κ2) is 5.65. The van der Waals surface area contributed by atoms with Crippen LogP contribution in [0.3, 0.4) is 0 Å². The van der Waals surface area contributed by atoms with Crippen molar-refractivity contribution in [3.8, 4) is 17.1 Å². The van der Waals surface area contributed by atoms with Gasteiger partial charge in [-0.15, -0.1) is 5.10 Å². The van der Waals surface area contributed by atoms with Crippen LogP contribution in [0, 0.1) is 0 Å². The number of piperidine rings is 1. The van der Waals surface area contributed by atoms with Gasteiger partial charge in [-0.25, -0.2) is 0 Å². The number of phenolic OH excluding ortho intramolecular Hbond substituents is 1. The van der Waals surface area contributed by atoms with Crippen LogP contribution in [0.15, 0.2) is 22.7 Å². The molecule has 1 saturated heterocycles. The standard InChI is InChI=1S/C14H18BrN5O/c1-8-11(16)3-2-6-20(8)14-17-13(18-19-14)10-5-4-9(15)7-12(10)21/h4-5,7-8,11,21H,2-3,6,16H2,1H3,(H,17,18,19). The van der Waals surface area contributed by atoms with Gasteiger partial charge in [0.05, 0.1) is 5.56 Å². The average Bonchev–Trinajstić information content (AvgIpc) is 2.91. The number of phenols is 1. The minimum absolute atomic E-state index is 0.141. The maximum absolute atomic E-state index is 10.0. The first-order valence-electron chi connectivity index (χ1n) is 7.00. The lowest BCUT2D eigenvalue weighted by Crippen LogP contribution is -2.50. The van der Waals surface area contributed by atoms with Crippen molar-refractivity contribution in [3.63, 3.8) is 0 Å². The van der Waals surface area contributed by atoms with Gasteiger partial charge >= 0.3 is 0 Å². The van der Waals surface area contributed by atoms with Gasteiger partial charge < -0.3 is 15.7 Å². The van der Waals surface area contributed by atoms with Crippen LogP contribution in [0.2, 0.25) is 0 Å². The summed E-state index contributed by atoms with van der Waals surface area (Å²) >= 11 is 3.32. The molecule has 1 aliphatic rings. The lowest BCUT2D eigenvalue weighted by molar-refractivity contribution is 0.416. The van der Waals surface area contributed by atoms with Crippen LogP contribution in [0.5, 0.6) is 5.75 Å². The average molecular weight is 352 g/mol. The van der Waals surface area contributed by atoms with E-state index in [1.54, 1.807) is 12.1 Å². The highest BCUT2D eigenvalue weighted by Gasteiger charge is 2.28. The zero-order chi connectivity index (χ0) is 15.0. The molecule has 0 radical (unpaired) electrons. The Morgan fingerprint density at radius 2 is 2.29 bits per heavy atom. The van der Waals surface area contributed by atoms with Crippen LogP contribution in [-0.4, -0.2) is 38.9 Å². The molecule has 0 bridgehead atoms. The summed E-state index contributed by atoms with van der Waals surface area (Å²) in [5.41, 5.74) is 6.74. The maximum atomic E-state index is 10.0. The molecule has 1 aromatic carbocycles. The highest BCUT2D eigenvalue weighted by molar-refractivity contribution is 9.10. The molecule has 21 heavy (non-hydrogen) atoms. The molecule has 1 fully saturated rings. The van der Waals surface area contributed by atoms with Gasteiger partial charge in [-0.1, -0.05) is 15.9 Å². The number of benzene rings is 1. The molecule has 2 unspecified atom stereocenters. The van der Waals surface area contributed by atoms with Crippen LogP contribution < -0.4 is 10.6 Å². The summed E-state index contributed by atoms with van der Waals surface area (Å²) in [6.45, 7) is 3.00. The summed E-state index contributed by atoms with van der Waals surface area (Å²) < 4.78 is 0.819. The zero-order valence-electron chi connectivity index (χ0n) is 11.8. The number of hydrogen-bond donors (Lipinski definition) is 3. The normalized spacial score (nSPS) is 22.5. The SMILES string of the molecule is CC1C(N)CCCN1c1n[nH]c(-c2ccc(Br)cc2O)n1. The number of nitrogens with two attached hydrogens (primary N) is 1. The Morgan fingerprint density at radius 1 is 1.48 bits per heavy atom. The zero-order valence-corrected chi connectivity index (χ0v) is 13.3. The molecule has 1 aromatic heterocycles. The topological polar surface area (TPSA) is 91.1 Å². The highest BCUT2D eigenvalue weighted by Crippen LogP contribution is 2.31. The molecular formula is C14H18BrN5O. The van der Waals surface area contributed by atoms with E-state index >= 15 is 0 Å². The molecule has 2 atom stereocenters. The van der Waals surface area contributed by atoms with E-state index in [0.717, 1.165) is 23.9 Å². The number of nitrogens with one attached hydrogen (secondary N) is 1. The van der Waals surface area contributed by atoms with Crippen LogP contribution in [0.1, 0.15) is 19.8 Å². The van der Waals surface area contributed by atoms with Gasteiger partial charge in [-0.2, -0.15) is 4.98 Å². The van der Waals surface area contributed by atoms with E-state index in [1.165, 1.54) is 0 Å². The Balaban J connectivity index is 1.89. The molecule has 3 rings (SSSR count). The molecule has 6 nitrogen and oxygen atoms in total. The van der Waals surface area contributed by atoms with Crippen molar-refractivity contribution in [1.29, 1.82) is 0 Å². The van der Waals surface area contributed by atoms with Crippen LogP contribution in [0.4, 0.5) is 5.95 Å². The number of aromatic nitrogens is 3. The minimum atomic E-state index is 0.141. The number of halogens is 1. The van der Waals surface area contributed by atoms with Crippen molar-refractivity contribution in [2.24, 2.45) is 5.73 Å². The Labute approximate surface area is 131 Å². The van der Waals surface area contributed by atoms with Crippen molar-refractivity contribution in [2.45, 2.75) is 31.8 Å². The van der Waals surface area contributed by atoms with Gasteiger partial charge in [-0.3, -0.25) is 5.10 Å². The van der Waals surface area contributed by atoms with Crippen LogP contribution in [-0.2, 0) is 0 Å². The van der Waals surface area contributed by atoms with E-state index in [2.05, 4.69) is 42.9 Å². The second-order valence-electron chi connectivity index (χ2n) is 5.39. The Morgan fingerprint density at radius 3 is 3.05 bits per heavy atom. The molecule has 0 spiro atoms. The van der Waals surface area contributed by atoms with Crippen LogP contribution in [0.25, 0.3) is 11.4 Å². The summed E-state index contributed by atoms with van der Waals surface area (Å²) in [6.07, 6.45) is 2.07. The molecule has 0 aliphatic carbocycles. The van der Waals surface area contributed by atoms with Gasteiger partial charge in [0.25, 0.3) is 0 Å². The monoisotopic (exact) mass is 351 g/mol. The smallest absolute Gasteiger partial charge is 0.245 e. The number of H-pyrrole nitrogens is 1. The van der Waals surface area contributed by atoms with Gasteiger partial charge in [0.2, 0.25) is 5.95 Å². The number of hydrogen-bond acceptors (Lipinski definition) is 5. The van der Waals surface area contributed by atoms with Crippen molar-refractivity contribution < 1.29 is 5.11 Å². The van der Waals surface area contributed by atoms with Gasteiger partial charge in [0.15, 0.2) is 5.82 Å². The van der Waals surface area contributed by atoms with Gasteiger partial charge in [-0.05, 0) is 38.0 Å². The first-order chi connectivity index (χ1) is 10.1. The summed E-state index contributed by atoms with van der Waals surface area (Å²) in [5.74, 6) is 1.35. The fraction of sp³-hybridized carbons (Fsp3) is 0.429. The molecule has 1 aliphatic heterocycles. The number of aromatic hydroxyl groups is 1. The number of rotatable bonds is 2. The lowest BCUT2D eigenvalue weighted by atomic mass is 9.99. The van der Waals surface area contributed by atoms with E-state index in [-0.39, 0.29) is 17.8 Å². The van der Waals surface area contributed by atoms with Gasteiger partial charge in [0, 0.05) is 23.1 Å². The van der Waals surface area contributed by atoms with E-state index < -0.39 is 0 Å². The fourth-order valence-electron chi connectivity index (χ4n) is 2.66. The molecule has 2 aromatic rings. The Hall–Kier alpha value is -1.60. The predicted molar refractivity (Wildman–Crippen MR) is 85.2 cm³/mol. The third-order valence-electron chi connectivity index (χ3n) is 3.99. The van der Waals surface area contributed by atoms with E-state index in [1.807, 2.05) is 6.07 Å². The molecule has 112 valence electrons. The van der Waals surface area contributed by atoms with E-state index in [9.17, 15) is 5.11 Å². The largest absolute Gasteiger partial charge is 0.507 e. The summed E-state index contributed by atoms with van der Waals surface area (Å²) in [6, 6.07) is 5.64. The predicted octanol–water partition coefficient (Wildman–Crippen LogP) is 2.26. The molecule has 0 saturated carbocycles. The molecule has 0 amide bonds. The first kappa shape index (κ1) is 14.3. The first-order valence-corrected chi connectivity index (χ1v) is 7.79. The third-order valence-corrected chi connectivity index (χ3v) is 4.49. The van der Waals surface area contributed by atoms with Crippen molar-refractivity contribution in [3.05, 3.63) is 22.7 Å². The van der Waals surface area contributed by atoms with Gasteiger partial charge in [0.1, 0.15) is 5.75 Å². The Bertz CT molecular complexity index is 644. The van der Waals surface area contributed by atoms with E-state index in [0.29, 0.717) is 17.3 Å². The number of anilines is 1. The lowest BCUT2D eigenvalue weighted by Gasteiger charge is -2.36. The minimum Gasteiger partial charge on any atom is -0.507 e. The highest BCUT2D eigenvalue weighted by atomic mass is 79.9. The molecular weight excluding hydrogens is 334 g/mol. The van der Waals surface area contributed by atoms with Crippen molar-refractivity contribution >= 4 is 21.9 Å². The summed E-state index contributed by atoms with van der Waals surface area (Å²) in [4.78, 5) is 6.62. The molecule has 2 heterocycles. The maximum Gasteiger partial charge on any atom is 0.245 e. The number of aromatic amines is 1. The van der Waals surface area contributed by atoms with Crippen molar-refractivity contribution in [1.82, 2.24) is 15.2 Å². The molecule has 7 heteroatoms. The summed E-state index contributed by atoms with van der Waals surface area (Å²) in [7, 11) is 0. The van der Waals surface area contributed by atoms with E-state index in [4.69, 9.17) is 5.73 Å². The summed E-state index contributed by atoms with van der Waals surface area (Å²) in [5, 5.41) is 17.2.